The van der Waals surface area contributed by atoms with Crippen LogP contribution in [-0.2, 0) is 4.79 Å². The highest BCUT2D eigenvalue weighted by molar-refractivity contribution is 5.80. The zero-order valence-corrected chi connectivity index (χ0v) is 12.6. The Bertz CT molecular complexity index is 379. The number of fused-ring (bicyclic) bond motifs is 1. The number of nitrogens with one attached hydrogen (secondary N) is 1. The lowest BCUT2D eigenvalue weighted by atomic mass is 9.94. The van der Waals surface area contributed by atoms with Gasteiger partial charge in [-0.25, -0.2) is 0 Å². The molecule has 0 saturated carbocycles. The monoisotopic (exact) mass is 277 g/mol. The Kier molecular flexibility index (Phi) is 4.41. The summed E-state index contributed by atoms with van der Waals surface area (Å²) in [6.07, 6.45) is 8.27. The molecule has 2 aliphatic heterocycles. The minimum Gasteiger partial charge on any atom is -0.316 e. The molecule has 4 nitrogen and oxygen atoms in total. The summed E-state index contributed by atoms with van der Waals surface area (Å²) in [5.41, 5.74) is 1.26. The molecule has 4 heteroatoms. The molecule has 2 heterocycles. The summed E-state index contributed by atoms with van der Waals surface area (Å²) in [5.74, 6) is 1.05. The van der Waals surface area contributed by atoms with Crippen LogP contribution in [0.3, 0.4) is 0 Å². The summed E-state index contributed by atoms with van der Waals surface area (Å²) < 4.78 is 0. The zero-order valence-electron chi connectivity index (χ0n) is 12.6. The Morgan fingerprint density at radius 2 is 2.35 bits per heavy atom. The molecule has 2 atom stereocenters. The predicted molar refractivity (Wildman–Crippen MR) is 80.3 cm³/mol. The van der Waals surface area contributed by atoms with Crippen molar-refractivity contribution in [3.05, 3.63) is 11.8 Å². The van der Waals surface area contributed by atoms with Crippen molar-refractivity contribution in [3.63, 3.8) is 0 Å². The topological polar surface area (TPSA) is 35.6 Å². The standard InChI is InChI=1S/C16H27N3O/c1-2-19(14-7-3-4-8-14)16(20)12-18-10-13-6-5-9-17-15(13)11-18/h7,13,15,17H,2-6,8-12H2,1H3. The van der Waals surface area contributed by atoms with Gasteiger partial charge in [0, 0.05) is 31.4 Å². The molecule has 2 fully saturated rings. The Morgan fingerprint density at radius 3 is 3.05 bits per heavy atom. The maximum atomic E-state index is 12.5. The number of likely N-dealkylation sites (tertiary alicyclic amines) is 1. The number of hydrogen-bond acceptors (Lipinski definition) is 3. The largest absolute Gasteiger partial charge is 0.316 e. The van der Waals surface area contributed by atoms with E-state index in [0.29, 0.717) is 18.5 Å². The van der Waals surface area contributed by atoms with Crippen LogP contribution >= 0.6 is 0 Å². The third-order valence-electron chi connectivity index (χ3n) is 5.01. The third-order valence-corrected chi connectivity index (χ3v) is 5.01. The molecular formula is C16H27N3O. The number of carbonyl (C=O) groups excluding carboxylic acids is 1. The number of allylic oxidation sites excluding steroid dienone is 2. The fourth-order valence-corrected chi connectivity index (χ4v) is 3.98. The van der Waals surface area contributed by atoms with Gasteiger partial charge in [-0.1, -0.05) is 6.08 Å². The number of amides is 1. The number of nitrogens with zero attached hydrogens (tertiary/aromatic N) is 2. The van der Waals surface area contributed by atoms with Crippen molar-refractivity contribution in [1.82, 2.24) is 15.1 Å². The second-order valence-corrected chi connectivity index (χ2v) is 6.38. The zero-order chi connectivity index (χ0) is 13.9. The van der Waals surface area contributed by atoms with Gasteiger partial charge in [-0.2, -0.15) is 0 Å². The van der Waals surface area contributed by atoms with Crippen LogP contribution < -0.4 is 5.32 Å². The van der Waals surface area contributed by atoms with Gasteiger partial charge in [0.25, 0.3) is 0 Å². The highest BCUT2D eigenvalue weighted by Gasteiger charge is 2.35. The van der Waals surface area contributed by atoms with E-state index >= 15 is 0 Å². The number of likely N-dealkylation sites (N-methyl/N-ethyl adjacent to an activating group) is 1. The molecule has 1 aliphatic carbocycles. The second kappa shape index (κ2) is 6.27. The minimum atomic E-state index is 0.291. The van der Waals surface area contributed by atoms with E-state index in [0.717, 1.165) is 44.9 Å². The molecule has 1 amide bonds. The SMILES string of the molecule is CCN(C(=O)CN1CC2CCCNC2C1)C1=CCCC1. The maximum absolute atomic E-state index is 12.5. The molecule has 0 aromatic carbocycles. The number of carbonyl (C=O) groups is 1. The molecular weight excluding hydrogens is 250 g/mol. The lowest BCUT2D eigenvalue weighted by Crippen LogP contribution is -2.42. The van der Waals surface area contributed by atoms with Crippen LogP contribution in [0, 0.1) is 5.92 Å². The van der Waals surface area contributed by atoms with Crippen molar-refractivity contribution in [2.45, 2.75) is 45.1 Å². The highest BCUT2D eigenvalue weighted by atomic mass is 16.2. The van der Waals surface area contributed by atoms with Gasteiger partial charge in [0.1, 0.15) is 0 Å². The second-order valence-electron chi connectivity index (χ2n) is 6.38. The Hall–Kier alpha value is -0.870. The summed E-state index contributed by atoms with van der Waals surface area (Å²) in [6, 6.07) is 0.623. The molecule has 0 aromatic heterocycles. The van der Waals surface area contributed by atoms with Gasteiger partial charge >= 0.3 is 0 Å². The summed E-state index contributed by atoms with van der Waals surface area (Å²) in [4.78, 5) is 16.9. The van der Waals surface area contributed by atoms with E-state index in [9.17, 15) is 4.79 Å². The van der Waals surface area contributed by atoms with Crippen LogP contribution in [-0.4, -0.2) is 54.5 Å². The van der Waals surface area contributed by atoms with Crippen molar-refractivity contribution in [2.24, 2.45) is 5.92 Å². The molecule has 2 saturated heterocycles. The van der Waals surface area contributed by atoms with E-state index in [1.807, 2.05) is 4.90 Å². The van der Waals surface area contributed by atoms with Crippen LogP contribution in [0.4, 0.5) is 0 Å². The summed E-state index contributed by atoms with van der Waals surface area (Å²) in [5, 5.41) is 3.60. The average Bonchev–Trinajstić information content (AvgIpc) is 3.07. The molecule has 0 bridgehead atoms. The molecule has 0 spiro atoms. The number of rotatable bonds is 4. The van der Waals surface area contributed by atoms with Gasteiger partial charge in [-0.05, 0) is 51.5 Å². The van der Waals surface area contributed by atoms with Gasteiger partial charge < -0.3 is 10.2 Å². The Morgan fingerprint density at radius 1 is 1.45 bits per heavy atom. The normalized spacial score (nSPS) is 30.1. The van der Waals surface area contributed by atoms with E-state index < -0.39 is 0 Å². The Balaban J connectivity index is 1.55. The van der Waals surface area contributed by atoms with E-state index in [1.165, 1.54) is 25.0 Å². The van der Waals surface area contributed by atoms with Crippen LogP contribution in [0.25, 0.3) is 0 Å². The van der Waals surface area contributed by atoms with Gasteiger partial charge in [-0.3, -0.25) is 9.69 Å². The first-order chi connectivity index (χ1) is 9.78. The van der Waals surface area contributed by atoms with Crippen LogP contribution in [0.2, 0.25) is 0 Å². The fourth-order valence-electron chi connectivity index (χ4n) is 3.98. The molecule has 112 valence electrons. The average molecular weight is 277 g/mol. The molecule has 1 N–H and O–H groups in total. The lowest BCUT2D eigenvalue weighted by Gasteiger charge is -2.25. The summed E-state index contributed by atoms with van der Waals surface area (Å²) in [7, 11) is 0. The van der Waals surface area contributed by atoms with Crippen molar-refractivity contribution in [3.8, 4) is 0 Å². The predicted octanol–water partition coefficient (Wildman–Crippen LogP) is 1.59. The van der Waals surface area contributed by atoms with E-state index in [-0.39, 0.29) is 0 Å². The first-order valence-electron chi connectivity index (χ1n) is 8.23. The van der Waals surface area contributed by atoms with Crippen molar-refractivity contribution in [1.29, 1.82) is 0 Å². The van der Waals surface area contributed by atoms with Gasteiger partial charge in [0.05, 0.1) is 6.54 Å². The van der Waals surface area contributed by atoms with Crippen molar-refractivity contribution < 1.29 is 4.79 Å². The van der Waals surface area contributed by atoms with Crippen LogP contribution in [0.5, 0.6) is 0 Å². The molecule has 0 aromatic rings. The van der Waals surface area contributed by atoms with Crippen LogP contribution in [0.1, 0.15) is 39.0 Å². The first kappa shape index (κ1) is 14.1. The Labute approximate surface area is 122 Å². The van der Waals surface area contributed by atoms with E-state index in [1.54, 1.807) is 0 Å². The number of hydrogen-bond donors (Lipinski definition) is 1. The summed E-state index contributed by atoms with van der Waals surface area (Å²) in [6.45, 7) is 6.79. The minimum absolute atomic E-state index is 0.291. The summed E-state index contributed by atoms with van der Waals surface area (Å²) >= 11 is 0. The van der Waals surface area contributed by atoms with Crippen molar-refractivity contribution >= 4 is 5.91 Å². The highest BCUT2D eigenvalue weighted by Crippen LogP contribution is 2.26. The maximum Gasteiger partial charge on any atom is 0.240 e. The van der Waals surface area contributed by atoms with Crippen molar-refractivity contribution in [2.75, 3.05) is 32.7 Å². The van der Waals surface area contributed by atoms with E-state index in [2.05, 4.69) is 23.2 Å². The molecule has 2 unspecified atom stereocenters. The molecule has 20 heavy (non-hydrogen) atoms. The van der Waals surface area contributed by atoms with E-state index in [4.69, 9.17) is 0 Å². The smallest absolute Gasteiger partial charge is 0.240 e. The van der Waals surface area contributed by atoms with Gasteiger partial charge in [0.2, 0.25) is 5.91 Å². The van der Waals surface area contributed by atoms with Gasteiger partial charge in [-0.15, -0.1) is 0 Å². The number of piperidine rings is 1. The lowest BCUT2D eigenvalue weighted by molar-refractivity contribution is -0.130. The quantitative estimate of drug-likeness (QED) is 0.847. The van der Waals surface area contributed by atoms with Gasteiger partial charge in [0.15, 0.2) is 0 Å². The molecule has 0 radical (unpaired) electrons. The molecule has 3 rings (SSSR count). The first-order valence-corrected chi connectivity index (χ1v) is 8.23. The van der Waals surface area contributed by atoms with Crippen LogP contribution in [0.15, 0.2) is 11.8 Å². The third kappa shape index (κ3) is 2.91. The fraction of sp³-hybridized carbons (Fsp3) is 0.812. The molecule has 3 aliphatic rings.